The molecule has 0 saturated heterocycles. The van der Waals surface area contributed by atoms with E-state index in [9.17, 15) is 13.2 Å². The van der Waals surface area contributed by atoms with Gasteiger partial charge in [0.05, 0.1) is 17.7 Å². The van der Waals surface area contributed by atoms with E-state index in [1.165, 1.54) is 43.5 Å². The Morgan fingerprint density at radius 2 is 1.83 bits per heavy atom. The Labute approximate surface area is 143 Å². The maximum absolute atomic E-state index is 12.4. The fourth-order valence-corrected chi connectivity index (χ4v) is 3.42. The van der Waals surface area contributed by atoms with Gasteiger partial charge in [-0.3, -0.25) is 0 Å². The molecule has 5 nitrogen and oxygen atoms in total. The molecular weight excluding hydrogens is 363 g/mol. The first-order valence-corrected chi connectivity index (χ1v) is 8.50. The zero-order valence-electron chi connectivity index (χ0n) is 12.2. The largest absolute Gasteiger partial charge is 0.465 e. The maximum Gasteiger partial charge on any atom is 0.339 e. The van der Waals surface area contributed by atoms with Gasteiger partial charge in [0.2, 0.25) is 0 Å². The topological polar surface area (TPSA) is 69.7 Å². The molecule has 122 valence electrons. The molecule has 0 heterocycles. The third-order valence-corrected chi connectivity index (χ3v) is 5.18. The third-order valence-electron chi connectivity index (χ3n) is 2.98. The van der Waals surface area contributed by atoms with Crippen LogP contribution < -0.4 is 4.18 Å². The maximum atomic E-state index is 12.4. The first kappa shape index (κ1) is 17.6. The number of methoxy groups -OCH3 is 1. The predicted molar refractivity (Wildman–Crippen MR) is 86.8 cm³/mol. The molecule has 0 radical (unpaired) electrons. The minimum atomic E-state index is -4.13. The van der Waals surface area contributed by atoms with Crippen molar-refractivity contribution >= 4 is 39.3 Å². The van der Waals surface area contributed by atoms with Crippen LogP contribution in [0.15, 0.2) is 41.3 Å². The van der Waals surface area contributed by atoms with Crippen molar-refractivity contribution in [1.29, 1.82) is 0 Å². The van der Waals surface area contributed by atoms with Crippen LogP contribution in [0.4, 0.5) is 0 Å². The summed E-state index contributed by atoms with van der Waals surface area (Å²) in [5, 5.41) is 0.179. The molecule has 0 spiro atoms. The number of carbonyl (C=O) groups excluding carboxylic acids is 1. The van der Waals surface area contributed by atoms with Crippen molar-refractivity contribution in [2.45, 2.75) is 11.8 Å². The number of ether oxygens (including phenoxy) is 1. The van der Waals surface area contributed by atoms with Crippen LogP contribution in [0.1, 0.15) is 15.9 Å². The average molecular weight is 375 g/mol. The summed E-state index contributed by atoms with van der Waals surface area (Å²) in [5.41, 5.74) is 0.579. The van der Waals surface area contributed by atoms with E-state index in [4.69, 9.17) is 27.4 Å². The standard InChI is InChI=1S/C15H12Cl2O5S/c1-9-8-10(15(18)21-2)6-7-13(9)23(19,20)22-12-5-3-4-11(16)14(12)17/h3-8H,1-2H3. The van der Waals surface area contributed by atoms with Crippen LogP contribution in [0.25, 0.3) is 0 Å². The lowest BCUT2D eigenvalue weighted by atomic mass is 10.1. The first-order valence-electron chi connectivity index (χ1n) is 6.33. The highest BCUT2D eigenvalue weighted by Crippen LogP contribution is 2.33. The summed E-state index contributed by atoms with van der Waals surface area (Å²) in [4.78, 5) is 11.4. The summed E-state index contributed by atoms with van der Waals surface area (Å²) < 4.78 is 34.4. The summed E-state index contributed by atoms with van der Waals surface area (Å²) in [5.74, 6) is -0.633. The fraction of sp³-hybridized carbons (Fsp3) is 0.133. The van der Waals surface area contributed by atoms with Crippen LogP contribution in [-0.4, -0.2) is 21.5 Å². The van der Waals surface area contributed by atoms with Crippen LogP contribution in [0.5, 0.6) is 5.75 Å². The number of halogens is 2. The molecule has 0 aliphatic heterocycles. The molecule has 2 aromatic carbocycles. The Hall–Kier alpha value is -1.76. The van der Waals surface area contributed by atoms with Gasteiger partial charge in [-0.15, -0.1) is 0 Å². The Morgan fingerprint density at radius 1 is 1.13 bits per heavy atom. The number of carbonyl (C=O) groups is 1. The minimum Gasteiger partial charge on any atom is -0.465 e. The second-order valence-corrected chi connectivity index (χ2v) is 6.86. The van der Waals surface area contributed by atoms with Crippen molar-refractivity contribution < 1.29 is 22.1 Å². The molecule has 0 saturated carbocycles. The molecule has 2 aromatic rings. The summed E-state index contributed by atoms with van der Waals surface area (Å²) in [6.07, 6.45) is 0. The van der Waals surface area contributed by atoms with E-state index in [-0.39, 0.29) is 26.3 Å². The second kappa shape index (κ2) is 6.78. The summed E-state index contributed by atoms with van der Waals surface area (Å²) in [6.45, 7) is 1.54. The van der Waals surface area contributed by atoms with Crippen LogP contribution in [-0.2, 0) is 14.9 Å². The van der Waals surface area contributed by atoms with Crippen LogP contribution >= 0.6 is 23.2 Å². The molecule has 0 fully saturated rings. The van der Waals surface area contributed by atoms with Gasteiger partial charge < -0.3 is 8.92 Å². The molecule has 2 rings (SSSR count). The van der Waals surface area contributed by atoms with E-state index in [1.54, 1.807) is 6.92 Å². The van der Waals surface area contributed by atoms with Crippen molar-refractivity contribution in [2.24, 2.45) is 0 Å². The van der Waals surface area contributed by atoms with Crippen molar-refractivity contribution in [3.05, 3.63) is 57.6 Å². The highest BCUT2D eigenvalue weighted by molar-refractivity contribution is 7.87. The number of aryl methyl sites for hydroxylation is 1. The van der Waals surface area contributed by atoms with E-state index in [0.717, 1.165) is 0 Å². The Bertz CT molecular complexity index is 862. The van der Waals surface area contributed by atoms with Crippen LogP contribution in [0.3, 0.4) is 0 Å². The van der Waals surface area contributed by atoms with Crippen LogP contribution in [0.2, 0.25) is 10.0 Å². The van der Waals surface area contributed by atoms with Crippen molar-refractivity contribution in [3.8, 4) is 5.75 Å². The van der Waals surface area contributed by atoms with E-state index in [1.807, 2.05) is 0 Å². The van der Waals surface area contributed by atoms with Crippen molar-refractivity contribution in [3.63, 3.8) is 0 Å². The summed E-state index contributed by atoms with van der Waals surface area (Å²) in [7, 11) is -2.89. The Morgan fingerprint density at radius 3 is 2.43 bits per heavy atom. The lowest BCUT2D eigenvalue weighted by molar-refractivity contribution is 0.0600. The predicted octanol–water partition coefficient (Wildman–Crippen LogP) is 3.86. The lowest BCUT2D eigenvalue weighted by Crippen LogP contribution is -2.12. The molecule has 8 heteroatoms. The Balaban J connectivity index is 2.40. The van der Waals surface area contributed by atoms with Gasteiger partial charge in [-0.2, -0.15) is 8.42 Å². The van der Waals surface area contributed by atoms with Gasteiger partial charge in [0, 0.05) is 0 Å². The van der Waals surface area contributed by atoms with E-state index in [2.05, 4.69) is 4.74 Å². The molecule has 0 unspecified atom stereocenters. The van der Waals surface area contributed by atoms with Gasteiger partial charge in [0.25, 0.3) is 0 Å². The summed E-state index contributed by atoms with van der Waals surface area (Å²) in [6, 6.07) is 8.45. The molecule has 0 atom stereocenters. The SMILES string of the molecule is COC(=O)c1ccc(S(=O)(=O)Oc2cccc(Cl)c2Cl)c(C)c1. The monoisotopic (exact) mass is 374 g/mol. The molecule has 0 aliphatic rings. The third kappa shape index (κ3) is 3.77. The first-order chi connectivity index (χ1) is 10.8. The second-order valence-electron chi connectivity index (χ2n) is 4.56. The molecule has 0 aliphatic carbocycles. The van der Waals surface area contributed by atoms with Gasteiger partial charge in [-0.1, -0.05) is 29.3 Å². The van der Waals surface area contributed by atoms with E-state index < -0.39 is 16.1 Å². The molecular formula is C15H12Cl2O5S. The minimum absolute atomic E-state index is 0.00146. The average Bonchev–Trinajstić information content (AvgIpc) is 2.50. The van der Waals surface area contributed by atoms with Gasteiger partial charge in [0.15, 0.2) is 5.75 Å². The Kier molecular flexibility index (Phi) is 5.19. The fourth-order valence-electron chi connectivity index (χ4n) is 1.89. The molecule has 0 N–H and O–H groups in total. The quantitative estimate of drug-likeness (QED) is 0.600. The number of benzene rings is 2. The van der Waals surface area contributed by atoms with Gasteiger partial charge >= 0.3 is 16.1 Å². The number of hydrogen-bond donors (Lipinski definition) is 0. The van der Waals surface area contributed by atoms with Gasteiger partial charge in [-0.25, -0.2) is 4.79 Å². The molecule has 23 heavy (non-hydrogen) atoms. The number of esters is 1. The number of hydrogen-bond acceptors (Lipinski definition) is 5. The molecule has 0 bridgehead atoms. The zero-order valence-corrected chi connectivity index (χ0v) is 14.5. The van der Waals surface area contributed by atoms with Crippen molar-refractivity contribution in [2.75, 3.05) is 7.11 Å². The lowest BCUT2D eigenvalue weighted by Gasteiger charge is -2.11. The molecule has 0 amide bonds. The smallest absolute Gasteiger partial charge is 0.339 e. The normalized spacial score (nSPS) is 11.1. The van der Waals surface area contributed by atoms with E-state index in [0.29, 0.717) is 5.56 Å². The van der Waals surface area contributed by atoms with Gasteiger partial charge in [-0.05, 0) is 42.8 Å². The van der Waals surface area contributed by atoms with Crippen molar-refractivity contribution in [1.82, 2.24) is 0 Å². The van der Waals surface area contributed by atoms with E-state index >= 15 is 0 Å². The summed E-state index contributed by atoms with van der Waals surface area (Å²) >= 11 is 11.8. The highest BCUT2D eigenvalue weighted by atomic mass is 35.5. The molecule has 0 aromatic heterocycles. The highest BCUT2D eigenvalue weighted by Gasteiger charge is 2.22. The zero-order chi connectivity index (χ0) is 17.2. The van der Waals surface area contributed by atoms with Crippen LogP contribution in [0, 0.1) is 6.92 Å². The number of rotatable bonds is 4. The van der Waals surface area contributed by atoms with Gasteiger partial charge in [0.1, 0.15) is 9.92 Å².